The molecule has 12 rings (SSSR count). The highest BCUT2D eigenvalue weighted by Gasteiger charge is 2.41. The minimum absolute atomic E-state index is 0.00184. The summed E-state index contributed by atoms with van der Waals surface area (Å²) >= 11 is 0. The lowest BCUT2D eigenvalue weighted by Crippen LogP contribution is -2.27. The minimum Gasteiger partial charge on any atom is -0.0619 e. The number of hydrogen-bond acceptors (Lipinski definition) is 0. The van der Waals surface area contributed by atoms with E-state index in [1.165, 1.54) is 111 Å². The van der Waals surface area contributed by atoms with Gasteiger partial charge >= 0.3 is 0 Å². The van der Waals surface area contributed by atoms with Crippen LogP contribution in [0.25, 0.3) is 66.1 Å². The standard InChI is InChI=1S/2C28H24/c1-27(2)21-13-7-5-10-17(21)20-16-24-25(19-12-9-15-23(27)26(19)20)18-11-6-8-14-22(18)28(24,3)4;1-27(2)21-11-7-5-9-17(21)19-13-14-20-18-10-6-8-12-22(18)28(3,4)24-16-15-23(27)25(19)26(20)24/h2*5-16H,1-4H3. The molecule has 8 aromatic rings. The summed E-state index contributed by atoms with van der Waals surface area (Å²) < 4.78 is 0. The molecule has 0 amide bonds. The fraction of sp³-hybridized carbons (Fsp3) is 0.214. The van der Waals surface area contributed by atoms with Gasteiger partial charge in [0.2, 0.25) is 0 Å². The third-order valence-electron chi connectivity index (χ3n) is 14.6. The van der Waals surface area contributed by atoms with Gasteiger partial charge in [0.1, 0.15) is 0 Å². The summed E-state index contributed by atoms with van der Waals surface area (Å²) in [6, 6.07) is 54.8. The Bertz CT molecular complexity index is 2900. The van der Waals surface area contributed by atoms with Gasteiger partial charge in [0, 0.05) is 21.7 Å². The highest BCUT2D eigenvalue weighted by atomic mass is 14.4. The van der Waals surface area contributed by atoms with Gasteiger partial charge in [0.25, 0.3) is 0 Å². The van der Waals surface area contributed by atoms with Crippen LogP contribution in [0.5, 0.6) is 0 Å². The second-order valence-electron chi connectivity index (χ2n) is 18.8. The summed E-state index contributed by atoms with van der Waals surface area (Å²) in [5.74, 6) is 0. The molecule has 4 aliphatic carbocycles. The molecule has 8 aromatic carbocycles. The van der Waals surface area contributed by atoms with Crippen molar-refractivity contribution in [2.75, 3.05) is 0 Å². The predicted molar refractivity (Wildman–Crippen MR) is 238 cm³/mol. The highest BCUT2D eigenvalue weighted by molar-refractivity contribution is 6.14. The first kappa shape index (κ1) is 33.6. The van der Waals surface area contributed by atoms with Gasteiger partial charge in [0.05, 0.1) is 0 Å². The van der Waals surface area contributed by atoms with E-state index in [0.717, 1.165) is 0 Å². The minimum atomic E-state index is 0.00184. The second kappa shape index (κ2) is 11.0. The van der Waals surface area contributed by atoms with Crippen LogP contribution >= 0.6 is 0 Å². The summed E-state index contributed by atoms with van der Waals surface area (Å²) in [5.41, 5.74) is 22.8. The lowest BCUT2D eigenvalue weighted by Gasteiger charge is -2.40. The molecule has 0 saturated carbocycles. The molecule has 272 valence electrons. The molecule has 0 heteroatoms. The summed E-state index contributed by atoms with van der Waals surface area (Å²) in [6.07, 6.45) is 0. The highest BCUT2D eigenvalue weighted by Crippen LogP contribution is 2.58. The predicted octanol–water partition coefficient (Wildman–Crippen LogP) is 14.9. The third kappa shape index (κ3) is 4.10. The Balaban J connectivity index is 0.000000130. The molecule has 0 aromatic heterocycles. The summed E-state index contributed by atoms with van der Waals surface area (Å²) in [7, 11) is 0. The molecule has 0 saturated heterocycles. The first-order chi connectivity index (χ1) is 26.8. The first-order valence-electron chi connectivity index (χ1n) is 20.5. The van der Waals surface area contributed by atoms with Crippen molar-refractivity contribution in [1.29, 1.82) is 0 Å². The number of benzene rings is 8. The number of rotatable bonds is 0. The van der Waals surface area contributed by atoms with Crippen LogP contribution in [0.15, 0.2) is 146 Å². The second-order valence-corrected chi connectivity index (χ2v) is 18.8. The lowest BCUT2D eigenvalue weighted by atomic mass is 9.63. The topological polar surface area (TPSA) is 0 Å². The molecule has 0 unspecified atom stereocenters. The van der Waals surface area contributed by atoms with Gasteiger partial charge in [-0.25, -0.2) is 0 Å². The van der Waals surface area contributed by atoms with Crippen molar-refractivity contribution in [3.05, 3.63) is 190 Å². The van der Waals surface area contributed by atoms with Crippen molar-refractivity contribution in [3.8, 4) is 44.5 Å². The first-order valence-corrected chi connectivity index (χ1v) is 20.5. The molecule has 0 heterocycles. The SMILES string of the molecule is CC1(C)c2ccccc2-c2c1cc1c3c(cccc23)C(C)(C)c2ccccc2-1.CC1(C)c2ccccc2-c2ccc3c4c(ccc1c24)C(C)(C)c1ccccc1-3. The summed E-state index contributed by atoms with van der Waals surface area (Å²) in [5, 5.41) is 5.77. The molecule has 0 spiro atoms. The van der Waals surface area contributed by atoms with E-state index in [1.54, 1.807) is 0 Å². The van der Waals surface area contributed by atoms with Crippen LogP contribution in [0, 0.1) is 0 Å². The average molecular weight is 721 g/mol. The lowest BCUT2D eigenvalue weighted by molar-refractivity contribution is 0.633. The van der Waals surface area contributed by atoms with Gasteiger partial charge in [-0.3, -0.25) is 0 Å². The van der Waals surface area contributed by atoms with Crippen LogP contribution in [0.1, 0.15) is 99.9 Å². The monoisotopic (exact) mass is 720 g/mol. The Morgan fingerprint density at radius 1 is 0.250 bits per heavy atom. The molecule has 0 N–H and O–H groups in total. The number of fused-ring (bicyclic) bond motifs is 10. The van der Waals surface area contributed by atoms with Crippen molar-refractivity contribution in [1.82, 2.24) is 0 Å². The largest absolute Gasteiger partial charge is 0.0619 e. The quantitative estimate of drug-likeness (QED) is 0.146. The molecule has 56 heavy (non-hydrogen) atoms. The molecule has 0 fully saturated rings. The van der Waals surface area contributed by atoms with Crippen molar-refractivity contribution in [3.63, 3.8) is 0 Å². The fourth-order valence-corrected chi connectivity index (χ4v) is 11.6. The Morgan fingerprint density at radius 2 is 0.607 bits per heavy atom. The van der Waals surface area contributed by atoms with Crippen LogP contribution in [0.2, 0.25) is 0 Å². The Hall–Kier alpha value is -5.72. The van der Waals surface area contributed by atoms with E-state index in [9.17, 15) is 0 Å². The molecule has 0 aliphatic heterocycles. The van der Waals surface area contributed by atoms with Crippen molar-refractivity contribution in [2.45, 2.75) is 77.0 Å². The van der Waals surface area contributed by atoms with Gasteiger partial charge in [-0.05, 0) is 117 Å². The van der Waals surface area contributed by atoms with Crippen LogP contribution in [-0.4, -0.2) is 0 Å². The molecular weight excluding hydrogens is 673 g/mol. The normalized spacial score (nSPS) is 17.1. The molecule has 0 nitrogen and oxygen atoms in total. The van der Waals surface area contributed by atoms with Crippen molar-refractivity contribution >= 4 is 21.5 Å². The summed E-state index contributed by atoms with van der Waals surface area (Å²) in [6.45, 7) is 19.0. The smallest absolute Gasteiger partial charge is 0.0159 e. The van der Waals surface area contributed by atoms with Crippen LogP contribution in [-0.2, 0) is 21.7 Å². The van der Waals surface area contributed by atoms with Gasteiger partial charge in [-0.2, -0.15) is 0 Å². The van der Waals surface area contributed by atoms with Gasteiger partial charge in [-0.15, -0.1) is 0 Å². The van der Waals surface area contributed by atoms with E-state index in [-0.39, 0.29) is 21.7 Å². The number of hydrogen-bond donors (Lipinski definition) is 0. The van der Waals surface area contributed by atoms with Crippen LogP contribution in [0.3, 0.4) is 0 Å². The van der Waals surface area contributed by atoms with Gasteiger partial charge < -0.3 is 0 Å². The van der Waals surface area contributed by atoms with Crippen LogP contribution < -0.4 is 0 Å². The zero-order chi connectivity index (χ0) is 38.5. The molecular formula is C56H48. The zero-order valence-corrected chi connectivity index (χ0v) is 33.9. The summed E-state index contributed by atoms with van der Waals surface area (Å²) in [4.78, 5) is 0. The molecule has 0 bridgehead atoms. The van der Waals surface area contributed by atoms with E-state index in [0.29, 0.717) is 0 Å². The fourth-order valence-electron chi connectivity index (χ4n) is 11.6. The van der Waals surface area contributed by atoms with Crippen molar-refractivity contribution in [2.24, 2.45) is 0 Å². The third-order valence-corrected chi connectivity index (χ3v) is 14.6. The van der Waals surface area contributed by atoms with Crippen molar-refractivity contribution < 1.29 is 0 Å². The van der Waals surface area contributed by atoms with Crippen LogP contribution in [0.4, 0.5) is 0 Å². The maximum Gasteiger partial charge on any atom is 0.0159 e. The van der Waals surface area contributed by atoms with Gasteiger partial charge in [0.15, 0.2) is 0 Å². The van der Waals surface area contributed by atoms with E-state index in [4.69, 9.17) is 0 Å². The average Bonchev–Trinajstić information content (AvgIpc) is 3.44. The Labute approximate surface area is 331 Å². The zero-order valence-electron chi connectivity index (χ0n) is 33.9. The molecule has 4 aliphatic rings. The maximum atomic E-state index is 2.50. The maximum absolute atomic E-state index is 2.50. The van der Waals surface area contributed by atoms with E-state index in [1.807, 2.05) is 0 Å². The van der Waals surface area contributed by atoms with E-state index >= 15 is 0 Å². The van der Waals surface area contributed by atoms with Gasteiger partial charge in [-0.1, -0.05) is 195 Å². The molecule has 0 atom stereocenters. The Kier molecular flexibility index (Phi) is 6.59. The molecule has 0 radical (unpaired) electrons. The Morgan fingerprint density at radius 3 is 1.09 bits per heavy atom. The van der Waals surface area contributed by atoms with E-state index in [2.05, 4.69) is 201 Å². The van der Waals surface area contributed by atoms with E-state index < -0.39 is 0 Å².